The van der Waals surface area contributed by atoms with Gasteiger partial charge < -0.3 is 25.8 Å². The van der Waals surface area contributed by atoms with Gasteiger partial charge in [0.25, 0.3) is 0 Å². The number of carbonyl (C=O) groups is 4. The van der Waals surface area contributed by atoms with E-state index in [4.69, 9.17) is 9.84 Å². The average molecular weight is 737 g/mol. The quantitative estimate of drug-likeness (QED) is 0.128. The second kappa shape index (κ2) is 16.2. The molecule has 0 radical (unpaired) electrons. The van der Waals surface area contributed by atoms with Crippen LogP contribution >= 0.6 is 0 Å². The number of carboxylic acids is 1. The van der Waals surface area contributed by atoms with Crippen LogP contribution in [0.2, 0.25) is 0 Å². The summed E-state index contributed by atoms with van der Waals surface area (Å²) in [5.41, 5.74) is -1.23. The van der Waals surface area contributed by atoms with Crippen molar-refractivity contribution in [1.82, 2.24) is 36.2 Å². The number of alkyl halides is 3. The van der Waals surface area contributed by atoms with Crippen LogP contribution in [0.15, 0.2) is 60.7 Å². The van der Waals surface area contributed by atoms with Crippen LogP contribution < -0.4 is 16.0 Å². The fourth-order valence-electron chi connectivity index (χ4n) is 5.97. The van der Waals surface area contributed by atoms with Gasteiger partial charge in [-0.15, -0.1) is 10.2 Å². The van der Waals surface area contributed by atoms with Gasteiger partial charge in [-0.05, 0) is 105 Å². The van der Waals surface area contributed by atoms with Gasteiger partial charge in [0.15, 0.2) is 5.69 Å². The van der Waals surface area contributed by atoms with Crippen molar-refractivity contribution >= 4 is 29.6 Å². The molecular weight excluding hydrogens is 697 g/mol. The van der Waals surface area contributed by atoms with E-state index in [1.165, 1.54) is 24.3 Å². The third-order valence-electron chi connectivity index (χ3n) is 8.63. The Hall–Kier alpha value is -5.87. The lowest BCUT2D eigenvalue weighted by atomic mass is 9.81. The Labute approximate surface area is 302 Å². The highest BCUT2D eigenvalue weighted by Gasteiger charge is 2.37. The van der Waals surface area contributed by atoms with Gasteiger partial charge in [0.05, 0.1) is 0 Å². The number of benzene rings is 2. The van der Waals surface area contributed by atoms with Gasteiger partial charge >= 0.3 is 18.2 Å². The van der Waals surface area contributed by atoms with E-state index in [2.05, 4.69) is 41.6 Å². The second-order valence-corrected chi connectivity index (χ2v) is 13.8. The molecule has 0 spiro atoms. The van der Waals surface area contributed by atoms with E-state index in [0.717, 1.165) is 12.1 Å². The van der Waals surface area contributed by atoms with Crippen molar-refractivity contribution in [3.8, 4) is 22.5 Å². The highest BCUT2D eigenvalue weighted by Crippen LogP contribution is 2.36. The number of hydrogen-bond donors (Lipinski definition) is 5. The summed E-state index contributed by atoms with van der Waals surface area (Å²) in [6, 6.07) is 13.6. The van der Waals surface area contributed by atoms with Crippen molar-refractivity contribution in [3.63, 3.8) is 0 Å². The van der Waals surface area contributed by atoms with E-state index in [9.17, 15) is 32.3 Å². The van der Waals surface area contributed by atoms with Gasteiger partial charge in [-0.3, -0.25) is 9.59 Å². The minimum absolute atomic E-state index is 0.0102. The van der Waals surface area contributed by atoms with Crippen LogP contribution in [-0.2, 0) is 26.9 Å². The molecule has 0 unspecified atom stereocenters. The predicted molar refractivity (Wildman–Crippen MR) is 185 cm³/mol. The third kappa shape index (κ3) is 10.6. The molecule has 4 aromatic rings. The number of amides is 3. The number of aromatic amines is 1. The maximum atomic E-state index is 13.8. The highest BCUT2D eigenvalue weighted by molar-refractivity contribution is 5.98. The topological polar surface area (TPSA) is 201 Å². The highest BCUT2D eigenvalue weighted by atomic mass is 19.4. The first-order valence-electron chi connectivity index (χ1n) is 16.9. The number of halogens is 3. The molecule has 3 amide bonds. The average Bonchev–Trinajstić information content (AvgIpc) is 3.65. The molecule has 0 saturated heterocycles. The Morgan fingerprint density at radius 2 is 1.58 bits per heavy atom. The van der Waals surface area contributed by atoms with Crippen LogP contribution in [0.1, 0.15) is 68.2 Å². The van der Waals surface area contributed by atoms with Crippen LogP contribution in [-0.4, -0.2) is 72.8 Å². The molecule has 17 heteroatoms. The summed E-state index contributed by atoms with van der Waals surface area (Å²) >= 11 is 0. The van der Waals surface area contributed by atoms with Crippen LogP contribution in [0.5, 0.6) is 0 Å². The Morgan fingerprint density at radius 1 is 0.925 bits per heavy atom. The number of aromatic nitrogens is 5. The zero-order valence-corrected chi connectivity index (χ0v) is 29.2. The number of ether oxygens (including phenoxy) is 1. The molecule has 2 aromatic heterocycles. The first-order chi connectivity index (χ1) is 25.1. The van der Waals surface area contributed by atoms with Crippen LogP contribution in [0, 0.1) is 11.8 Å². The fourth-order valence-corrected chi connectivity index (χ4v) is 5.97. The molecule has 5 rings (SSSR count). The molecule has 0 aliphatic heterocycles. The number of carboxylic acid groups (broad SMARTS) is 1. The number of alkyl carbamates (subject to hydrolysis) is 1. The summed E-state index contributed by atoms with van der Waals surface area (Å²) in [7, 11) is 0. The standard InChI is InChI=1S/C36H39F3N8O6/c1-35(2,3)53-34(52)40-19-21-6-10-24(11-7-21)31(48)43-28(32(49)41-25-14-12-23(13-15-25)30-44-46-47-45-30)18-20-4-8-22(9-5-20)26-16-17-27(33(50)51)42-29(26)36(37,38)39/h4-5,8-9,12-17,21,24,28H,6-7,10-11,18-19H2,1-3H3,(H,40,52)(H,41,49)(H,43,48)(H,50,51)(H,44,45,46,47)/t21?,24?,28-/m0/s1. The molecule has 1 aliphatic carbocycles. The van der Waals surface area contributed by atoms with Crippen molar-refractivity contribution in [2.75, 3.05) is 11.9 Å². The number of carbonyl (C=O) groups excluding carboxylic acids is 3. The maximum Gasteiger partial charge on any atom is 0.433 e. The number of nitrogens with one attached hydrogen (secondary N) is 4. The summed E-state index contributed by atoms with van der Waals surface area (Å²) in [6.45, 7) is 5.76. The van der Waals surface area contributed by atoms with E-state index in [1.54, 1.807) is 45.0 Å². The number of tetrazole rings is 1. The molecule has 2 heterocycles. The number of pyridine rings is 1. The van der Waals surface area contributed by atoms with Crippen LogP contribution in [0.4, 0.5) is 23.7 Å². The first kappa shape index (κ1) is 38.4. The van der Waals surface area contributed by atoms with Crippen LogP contribution in [0.3, 0.4) is 0 Å². The van der Waals surface area contributed by atoms with Crippen molar-refractivity contribution in [3.05, 3.63) is 77.6 Å². The van der Waals surface area contributed by atoms with E-state index in [0.29, 0.717) is 54.9 Å². The number of hydrogen-bond acceptors (Lipinski definition) is 9. The van der Waals surface area contributed by atoms with Gasteiger partial charge in [-0.1, -0.05) is 24.3 Å². The summed E-state index contributed by atoms with van der Waals surface area (Å²) < 4.78 is 46.8. The molecule has 14 nitrogen and oxygen atoms in total. The van der Waals surface area contributed by atoms with Crippen molar-refractivity contribution in [2.45, 2.75) is 70.7 Å². The van der Waals surface area contributed by atoms with E-state index in [1.807, 2.05) is 0 Å². The normalized spacial score (nSPS) is 16.6. The SMILES string of the molecule is CC(C)(C)OC(=O)NCC1CCC(C(=O)N[C@@H](Cc2ccc(-c3ccc(C(=O)O)nc3C(F)(F)F)cc2)C(=O)Nc2ccc(-c3nn[nH]n3)cc2)CC1. The van der Waals surface area contributed by atoms with Gasteiger partial charge in [0.1, 0.15) is 17.3 Å². The van der Waals surface area contributed by atoms with Crippen LogP contribution in [0.25, 0.3) is 22.5 Å². The van der Waals surface area contributed by atoms with Gasteiger partial charge in [-0.2, -0.15) is 18.4 Å². The molecular formula is C36H39F3N8O6. The Balaban J connectivity index is 1.29. The van der Waals surface area contributed by atoms with Crippen molar-refractivity contribution in [2.24, 2.45) is 11.8 Å². The molecule has 1 fully saturated rings. The fraction of sp³-hybridized carbons (Fsp3) is 0.389. The molecule has 1 aliphatic rings. The summed E-state index contributed by atoms with van der Waals surface area (Å²) in [5, 5.41) is 31.4. The number of H-pyrrole nitrogens is 1. The number of aromatic carboxylic acids is 1. The largest absolute Gasteiger partial charge is 0.477 e. The van der Waals surface area contributed by atoms with E-state index >= 15 is 0 Å². The van der Waals surface area contributed by atoms with Gasteiger partial charge in [0.2, 0.25) is 17.6 Å². The zero-order valence-electron chi connectivity index (χ0n) is 29.2. The molecule has 1 saturated carbocycles. The predicted octanol–water partition coefficient (Wildman–Crippen LogP) is 5.64. The summed E-state index contributed by atoms with van der Waals surface area (Å²) in [4.78, 5) is 53.9. The Kier molecular flexibility index (Phi) is 11.7. The monoisotopic (exact) mass is 736 g/mol. The van der Waals surface area contributed by atoms with E-state index < -0.39 is 47.2 Å². The van der Waals surface area contributed by atoms with Gasteiger partial charge in [-0.25, -0.2) is 14.6 Å². The molecule has 2 aromatic carbocycles. The van der Waals surface area contributed by atoms with Crippen molar-refractivity contribution < 1.29 is 42.2 Å². The third-order valence-corrected chi connectivity index (χ3v) is 8.63. The van der Waals surface area contributed by atoms with E-state index in [-0.39, 0.29) is 35.3 Å². The lowest BCUT2D eigenvalue weighted by Crippen LogP contribution is -2.48. The van der Waals surface area contributed by atoms with Gasteiger partial charge in [0, 0.05) is 35.7 Å². The minimum Gasteiger partial charge on any atom is -0.477 e. The number of rotatable bonds is 11. The molecule has 280 valence electrons. The second-order valence-electron chi connectivity index (χ2n) is 13.8. The summed E-state index contributed by atoms with van der Waals surface area (Å²) in [6.07, 6.45) is -2.95. The summed E-state index contributed by atoms with van der Waals surface area (Å²) in [5.74, 6) is -2.27. The molecule has 1 atom stereocenters. The molecule has 5 N–H and O–H groups in total. The smallest absolute Gasteiger partial charge is 0.433 e. The number of nitrogens with zero attached hydrogens (tertiary/aromatic N) is 4. The minimum atomic E-state index is -4.91. The maximum absolute atomic E-state index is 13.8. The van der Waals surface area contributed by atoms with Crippen molar-refractivity contribution in [1.29, 1.82) is 0 Å². The Bertz CT molecular complexity index is 1910. The molecule has 53 heavy (non-hydrogen) atoms. The zero-order chi connectivity index (χ0) is 38.3. The number of anilines is 1. The lowest BCUT2D eigenvalue weighted by molar-refractivity contribution is -0.140. The Morgan fingerprint density at radius 3 is 2.17 bits per heavy atom. The first-order valence-corrected chi connectivity index (χ1v) is 16.9. The molecule has 0 bridgehead atoms. The lowest BCUT2D eigenvalue weighted by Gasteiger charge is -2.29.